The molecular weight excluding hydrogens is 412 g/mol. The molecule has 1 aliphatic rings. The Morgan fingerprint density at radius 3 is 2.72 bits per heavy atom. The van der Waals surface area contributed by atoms with E-state index >= 15 is 0 Å². The summed E-state index contributed by atoms with van der Waals surface area (Å²) in [6.45, 7) is 1.21. The third kappa shape index (κ3) is 5.00. The summed E-state index contributed by atoms with van der Waals surface area (Å²) in [5.41, 5.74) is 1.95. The van der Waals surface area contributed by atoms with E-state index < -0.39 is 18.4 Å². The molecule has 0 aliphatic heterocycles. The predicted molar refractivity (Wildman–Crippen MR) is 113 cm³/mol. The van der Waals surface area contributed by atoms with Crippen LogP contribution in [-0.2, 0) is 16.1 Å². The number of carbonyl (C=O) groups excluding carboxylic acids is 2. The molecule has 2 heterocycles. The number of anilines is 1. The number of pyridine rings is 1. The number of aryl methyl sites for hydroxylation is 1. The number of nitrogens with zero attached hydrogens (tertiary/aromatic N) is 2. The number of hydrogen-bond acceptors (Lipinski definition) is 5. The highest BCUT2D eigenvalue weighted by molar-refractivity contribution is 5.96. The monoisotopic (exact) mass is 435 g/mol. The van der Waals surface area contributed by atoms with Crippen molar-refractivity contribution in [2.24, 2.45) is 5.92 Å². The number of aromatic nitrogens is 2. The van der Waals surface area contributed by atoms with Gasteiger partial charge in [0.2, 0.25) is 11.8 Å². The number of benzene rings is 1. The molecule has 0 unspecified atom stereocenters. The van der Waals surface area contributed by atoms with Crippen LogP contribution in [-0.4, -0.2) is 39.3 Å². The van der Waals surface area contributed by atoms with Gasteiger partial charge in [-0.25, -0.2) is 9.97 Å². The molecule has 0 radical (unpaired) electrons. The van der Waals surface area contributed by atoms with E-state index in [1.54, 1.807) is 55.6 Å². The van der Waals surface area contributed by atoms with Crippen molar-refractivity contribution in [2.45, 2.75) is 26.3 Å². The smallest absolute Gasteiger partial charge is 0.323 e. The minimum Gasteiger partial charge on any atom is -0.480 e. The van der Waals surface area contributed by atoms with Crippen LogP contribution >= 0.6 is 0 Å². The van der Waals surface area contributed by atoms with Gasteiger partial charge in [-0.05, 0) is 38.0 Å². The molecule has 164 valence electrons. The maximum atomic E-state index is 13.1. The Balaban J connectivity index is 1.56. The maximum Gasteiger partial charge on any atom is 0.323 e. The van der Waals surface area contributed by atoms with E-state index in [1.807, 2.05) is 0 Å². The van der Waals surface area contributed by atoms with Crippen LogP contribution in [0.25, 0.3) is 11.5 Å². The molecule has 0 atom stereocenters. The van der Waals surface area contributed by atoms with Gasteiger partial charge in [0.05, 0.1) is 0 Å². The van der Waals surface area contributed by atoms with Gasteiger partial charge in [0, 0.05) is 29.3 Å². The second kappa shape index (κ2) is 9.01. The quantitative estimate of drug-likeness (QED) is 0.560. The van der Waals surface area contributed by atoms with E-state index in [4.69, 9.17) is 4.42 Å². The summed E-state index contributed by atoms with van der Waals surface area (Å²) in [7, 11) is 0. The lowest BCUT2D eigenvalue weighted by atomic mass is 10.2. The zero-order valence-electron chi connectivity index (χ0n) is 17.5. The van der Waals surface area contributed by atoms with Crippen molar-refractivity contribution in [1.82, 2.24) is 9.88 Å². The van der Waals surface area contributed by atoms with Crippen LogP contribution in [0.2, 0.25) is 0 Å². The molecule has 1 saturated carbocycles. The van der Waals surface area contributed by atoms with Gasteiger partial charge in [-0.15, -0.1) is 0 Å². The number of oxazole rings is 1. The minimum absolute atomic E-state index is 0.0105. The number of aliphatic carboxylic acids is 1. The molecule has 0 spiro atoms. The van der Waals surface area contributed by atoms with Crippen LogP contribution < -0.4 is 10.3 Å². The van der Waals surface area contributed by atoms with Crippen molar-refractivity contribution >= 4 is 23.5 Å². The van der Waals surface area contributed by atoms with Crippen molar-refractivity contribution in [3.8, 4) is 11.5 Å². The Morgan fingerprint density at radius 2 is 2.03 bits per heavy atom. The second-order valence-electron chi connectivity index (χ2n) is 7.71. The fraction of sp³-hybridized carbons (Fsp3) is 0.261. The number of nitrogens with one attached hydrogen (secondary N) is 2. The summed E-state index contributed by atoms with van der Waals surface area (Å²) in [5, 5.41) is 12.1. The fourth-order valence-electron chi connectivity index (χ4n) is 3.29. The molecule has 9 nitrogen and oxygen atoms in total. The van der Waals surface area contributed by atoms with E-state index in [-0.39, 0.29) is 35.7 Å². The Kier molecular flexibility index (Phi) is 5.98. The van der Waals surface area contributed by atoms with Crippen molar-refractivity contribution in [3.63, 3.8) is 0 Å². The molecule has 0 saturated heterocycles. The molecule has 0 bridgehead atoms. The molecule has 2 aromatic heterocycles. The highest BCUT2D eigenvalue weighted by atomic mass is 16.4. The first kappa shape index (κ1) is 21.2. The van der Waals surface area contributed by atoms with Gasteiger partial charge in [0.15, 0.2) is 17.6 Å². The Bertz CT molecular complexity index is 1150. The van der Waals surface area contributed by atoms with E-state index in [1.165, 1.54) is 4.90 Å². The zero-order chi connectivity index (χ0) is 22.7. The first-order valence-corrected chi connectivity index (χ1v) is 10.3. The summed E-state index contributed by atoms with van der Waals surface area (Å²) >= 11 is 0. The van der Waals surface area contributed by atoms with E-state index in [0.29, 0.717) is 16.9 Å². The molecule has 1 aromatic carbocycles. The number of carbonyl (C=O) groups is 3. The predicted octanol–water partition coefficient (Wildman–Crippen LogP) is 2.54. The van der Waals surface area contributed by atoms with E-state index in [2.05, 4.69) is 15.3 Å². The van der Waals surface area contributed by atoms with Crippen LogP contribution in [0.3, 0.4) is 0 Å². The van der Waals surface area contributed by atoms with Crippen molar-refractivity contribution in [1.29, 1.82) is 0 Å². The van der Waals surface area contributed by atoms with Crippen LogP contribution in [0.1, 0.15) is 34.8 Å². The van der Waals surface area contributed by atoms with Crippen molar-refractivity contribution < 1.29 is 28.9 Å². The number of rotatable bonds is 8. The largest absolute Gasteiger partial charge is 0.480 e. The first-order chi connectivity index (χ1) is 15.4. The molecule has 3 N–H and O–H groups in total. The van der Waals surface area contributed by atoms with Crippen LogP contribution in [0.5, 0.6) is 0 Å². The number of amides is 2. The van der Waals surface area contributed by atoms with Gasteiger partial charge < -0.3 is 19.7 Å². The van der Waals surface area contributed by atoms with Gasteiger partial charge in [0.1, 0.15) is 18.8 Å². The highest BCUT2D eigenvalue weighted by Crippen LogP contribution is 2.31. The molecule has 3 aromatic rings. The lowest BCUT2D eigenvalue weighted by Crippen LogP contribution is -2.37. The molecule has 2 amide bonds. The molecule has 4 rings (SSSR count). The summed E-state index contributed by atoms with van der Waals surface area (Å²) in [6.07, 6.45) is 3.51. The number of hydrogen-bond donors (Lipinski definition) is 2. The fourth-order valence-corrected chi connectivity index (χ4v) is 3.29. The molecule has 1 aliphatic carbocycles. The highest BCUT2D eigenvalue weighted by Gasteiger charge is 2.30. The normalized spacial score (nSPS) is 12.9. The molecule has 9 heteroatoms. The summed E-state index contributed by atoms with van der Waals surface area (Å²) in [5.74, 6) is -1.11. The van der Waals surface area contributed by atoms with Gasteiger partial charge in [-0.2, -0.15) is 0 Å². The van der Waals surface area contributed by atoms with Crippen LogP contribution in [0.15, 0.2) is 53.1 Å². The lowest BCUT2D eigenvalue weighted by Gasteiger charge is -2.17. The van der Waals surface area contributed by atoms with E-state index in [0.717, 1.165) is 12.8 Å². The Hall–Kier alpha value is -4.01. The van der Waals surface area contributed by atoms with Crippen LogP contribution in [0, 0.1) is 12.8 Å². The molecule has 32 heavy (non-hydrogen) atoms. The van der Waals surface area contributed by atoms with Crippen LogP contribution in [0.4, 0.5) is 5.69 Å². The Labute approximate surface area is 184 Å². The third-order valence-corrected chi connectivity index (χ3v) is 5.07. The third-order valence-electron chi connectivity index (χ3n) is 5.07. The van der Waals surface area contributed by atoms with E-state index in [9.17, 15) is 19.5 Å². The number of carboxylic acid groups (broad SMARTS) is 1. The topological polar surface area (TPSA) is 127 Å². The average molecular weight is 435 g/mol. The van der Waals surface area contributed by atoms with Crippen molar-refractivity contribution in [3.05, 3.63) is 65.8 Å². The maximum absolute atomic E-state index is 13.1. The summed E-state index contributed by atoms with van der Waals surface area (Å²) in [6, 6.07) is 12.4. The standard InChI is InChI=1S/C23H22N4O5/c1-14-20(23(31)27(13-19(28)29)12-18-6-2-3-10-24-18)26-22(32-14)16-5-4-7-17(11-16)25-21(30)15-8-9-15/h2-7,10-11,15H,8-9,12-13H2,1H3,(H,25,30)(H,28,29)/p+1. The Morgan fingerprint density at radius 1 is 1.22 bits per heavy atom. The van der Waals surface area contributed by atoms with Gasteiger partial charge in [0.25, 0.3) is 5.91 Å². The summed E-state index contributed by atoms with van der Waals surface area (Å²) in [4.78, 5) is 45.0. The van der Waals surface area contributed by atoms with Crippen molar-refractivity contribution in [2.75, 3.05) is 11.9 Å². The van der Waals surface area contributed by atoms with Gasteiger partial charge in [-0.3, -0.25) is 14.4 Å². The average Bonchev–Trinajstić information content (AvgIpc) is 3.55. The number of carboxylic acids is 1. The van der Waals surface area contributed by atoms with Gasteiger partial charge in [-0.1, -0.05) is 12.1 Å². The van der Waals surface area contributed by atoms with Gasteiger partial charge >= 0.3 is 5.97 Å². The zero-order valence-corrected chi connectivity index (χ0v) is 17.5. The first-order valence-electron chi connectivity index (χ1n) is 10.3. The second-order valence-corrected chi connectivity index (χ2v) is 7.71. The summed E-state index contributed by atoms with van der Waals surface area (Å²) < 4.78 is 5.72. The number of aromatic amines is 1. The lowest BCUT2D eigenvalue weighted by molar-refractivity contribution is -0.392. The number of H-pyrrole nitrogens is 1. The SMILES string of the molecule is Cc1oc(-c2cccc(NC(=O)C3CC3)c2)nc1C(=O)N(CC(=O)O)Cc1cccc[nH+]1. The molecular formula is C23H23N4O5+. The minimum atomic E-state index is -1.13. The molecule has 1 fully saturated rings.